The van der Waals surface area contributed by atoms with Crippen molar-refractivity contribution in [2.45, 2.75) is 33.6 Å². The van der Waals surface area contributed by atoms with E-state index in [0.29, 0.717) is 17.5 Å². The lowest BCUT2D eigenvalue weighted by molar-refractivity contribution is 0.339. The minimum Gasteiger partial charge on any atom is -0.492 e. The zero-order valence-corrected chi connectivity index (χ0v) is 11.0. The van der Waals surface area contributed by atoms with Crippen LogP contribution in [0.25, 0.3) is 0 Å². The summed E-state index contributed by atoms with van der Waals surface area (Å²) in [7, 11) is 0. The number of benzene rings is 1. The molecule has 1 rings (SSSR count). The lowest BCUT2D eigenvalue weighted by Gasteiger charge is -2.16. The highest BCUT2D eigenvalue weighted by atomic mass is 35.5. The van der Waals surface area contributed by atoms with Crippen LogP contribution < -0.4 is 4.74 Å². The SMILES string of the molecule is CCOc1cc(C)c(Cl)c(C(C)C)c1Cl. The van der Waals surface area contributed by atoms with Crippen LogP contribution in [0.2, 0.25) is 10.0 Å². The van der Waals surface area contributed by atoms with Crippen LogP contribution in [0.4, 0.5) is 0 Å². The summed E-state index contributed by atoms with van der Waals surface area (Å²) in [6.45, 7) is 8.66. The molecule has 0 aliphatic carbocycles. The maximum Gasteiger partial charge on any atom is 0.138 e. The van der Waals surface area contributed by atoms with E-state index in [1.165, 1.54) is 0 Å². The molecule has 0 fully saturated rings. The summed E-state index contributed by atoms with van der Waals surface area (Å²) in [6.07, 6.45) is 0. The zero-order valence-electron chi connectivity index (χ0n) is 9.53. The van der Waals surface area contributed by atoms with Gasteiger partial charge in [-0.25, -0.2) is 0 Å². The fourth-order valence-electron chi connectivity index (χ4n) is 1.53. The Labute approximate surface area is 101 Å². The second kappa shape index (κ2) is 5.09. The molecule has 0 bridgehead atoms. The normalized spacial score (nSPS) is 10.9. The van der Waals surface area contributed by atoms with Gasteiger partial charge in [0, 0.05) is 5.02 Å². The van der Waals surface area contributed by atoms with Gasteiger partial charge in [-0.1, -0.05) is 37.0 Å². The Morgan fingerprint density at radius 1 is 1.27 bits per heavy atom. The van der Waals surface area contributed by atoms with Gasteiger partial charge < -0.3 is 4.74 Å². The average molecular weight is 247 g/mol. The highest BCUT2D eigenvalue weighted by Crippen LogP contribution is 2.40. The van der Waals surface area contributed by atoms with Gasteiger partial charge in [0.05, 0.1) is 11.6 Å². The Kier molecular flexibility index (Phi) is 4.30. The van der Waals surface area contributed by atoms with Crippen LogP contribution in [0.15, 0.2) is 6.07 Å². The first-order valence-corrected chi connectivity index (χ1v) is 5.85. The lowest BCUT2D eigenvalue weighted by Crippen LogP contribution is -1.99. The molecule has 0 spiro atoms. The third-order valence-corrected chi connectivity index (χ3v) is 3.15. The van der Waals surface area contributed by atoms with Crippen molar-refractivity contribution in [3.8, 4) is 5.75 Å². The number of halogens is 2. The standard InChI is InChI=1S/C12H16Cl2O/c1-5-15-9-6-8(4)11(13)10(7(2)3)12(9)14/h6-7H,5H2,1-4H3. The first-order valence-electron chi connectivity index (χ1n) is 5.10. The van der Waals surface area contributed by atoms with Gasteiger partial charge in [0.25, 0.3) is 0 Å². The molecule has 1 aromatic carbocycles. The van der Waals surface area contributed by atoms with Crippen LogP contribution in [0.3, 0.4) is 0 Å². The summed E-state index contributed by atoms with van der Waals surface area (Å²) in [6, 6.07) is 1.89. The summed E-state index contributed by atoms with van der Waals surface area (Å²) in [4.78, 5) is 0. The summed E-state index contributed by atoms with van der Waals surface area (Å²) in [5.74, 6) is 1.02. The average Bonchev–Trinajstić information content (AvgIpc) is 2.14. The predicted octanol–water partition coefficient (Wildman–Crippen LogP) is 4.82. The molecule has 0 aliphatic heterocycles. The third-order valence-electron chi connectivity index (χ3n) is 2.26. The van der Waals surface area contributed by atoms with Crippen molar-refractivity contribution in [1.29, 1.82) is 0 Å². The molecule has 3 heteroatoms. The molecular formula is C12H16Cl2O. The predicted molar refractivity (Wildman–Crippen MR) is 66.5 cm³/mol. The molecule has 0 atom stereocenters. The number of rotatable bonds is 3. The number of aryl methyl sites for hydroxylation is 1. The summed E-state index contributed by atoms with van der Waals surface area (Å²) in [5.41, 5.74) is 1.98. The van der Waals surface area contributed by atoms with E-state index in [1.54, 1.807) is 0 Å². The summed E-state index contributed by atoms with van der Waals surface area (Å²) >= 11 is 12.5. The van der Waals surface area contributed by atoms with E-state index in [4.69, 9.17) is 27.9 Å². The van der Waals surface area contributed by atoms with Gasteiger partial charge in [0.15, 0.2) is 0 Å². The zero-order chi connectivity index (χ0) is 11.6. The molecule has 1 nitrogen and oxygen atoms in total. The smallest absolute Gasteiger partial charge is 0.138 e. The fraction of sp³-hybridized carbons (Fsp3) is 0.500. The van der Waals surface area contributed by atoms with Crippen molar-refractivity contribution in [3.63, 3.8) is 0 Å². The maximum atomic E-state index is 6.25. The fourth-order valence-corrected chi connectivity index (χ4v) is 2.37. The van der Waals surface area contributed by atoms with Crippen molar-refractivity contribution in [1.82, 2.24) is 0 Å². The second-order valence-electron chi connectivity index (χ2n) is 3.82. The highest BCUT2D eigenvalue weighted by molar-refractivity contribution is 6.37. The van der Waals surface area contributed by atoms with Crippen molar-refractivity contribution < 1.29 is 4.74 Å². The largest absolute Gasteiger partial charge is 0.492 e. The van der Waals surface area contributed by atoms with Gasteiger partial charge in [-0.3, -0.25) is 0 Å². The van der Waals surface area contributed by atoms with E-state index in [9.17, 15) is 0 Å². The molecule has 0 saturated heterocycles. The molecular weight excluding hydrogens is 231 g/mol. The van der Waals surface area contributed by atoms with Gasteiger partial charge in [-0.05, 0) is 37.0 Å². The number of ether oxygens (including phenoxy) is 1. The molecule has 0 radical (unpaired) electrons. The van der Waals surface area contributed by atoms with Gasteiger partial charge in [-0.15, -0.1) is 0 Å². The van der Waals surface area contributed by atoms with E-state index in [-0.39, 0.29) is 0 Å². The van der Waals surface area contributed by atoms with Gasteiger partial charge >= 0.3 is 0 Å². The van der Waals surface area contributed by atoms with E-state index in [1.807, 2.05) is 19.9 Å². The van der Waals surface area contributed by atoms with Crippen LogP contribution in [0.1, 0.15) is 37.8 Å². The topological polar surface area (TPSA) is 9.23 Å². The van der Waals surface area contributed by atoms with E-state index >= 15 is 0 Å². The summed E-state index contributed by atoms with van der Waals surface area (Å²) in [5, 5.41) is 1.39. The molecule has 0 heterocycles. The molecule has 0 saturated carbocycles. The minimum atomic E-state index is 0.295. The van der Waals surface area contributed by atoms with Gasteiger partial charge in [0.2, 0.25) is 0 Å². The molecule has 0 N–H and O–H groups in total. The van der Waals surface area contributed by atoms with Crippen LogP contribution >= 0.6 is 23.2 Å². The van der Waals surface area contributed by atoms with Gasteiger partial charge in [-0.2, -0.15) is 0 Å². The molecule has 84 valence electrons. The molecule has 15 heavy (non-hydrogen) atoms. The Morgan fingerprint density at radius 2 is 1.87 bits per heavy atom. The first-order chi connectivity index (χ1) is 6.99. The molecule has 0 amide bonds. The molecule has 1 aromatic rings. The van der Waals surface area contributed by atoms with Crippen molar-refractivity contribution in [2.24, 2.45) is 0 Å². The van der Waals surface area contributed by atoms with Crippen molar-refractivity contribution in [2.75, 3.05) is 6.61 Å². The first kappa shape index (κ1) is 12.7. The minimum absolute atomic E-state index is 0.295. The molecule has 0 aromatic heterocycles. The molecule has 0 unspecified atom stereocenters. The Bertz CT molecular complexity index is 359. The quantitative estimate of drug-likeness (QED) is 0.743. The number of hydrogen-bond acceptors (Lipinski definition) is 1. The molecule has 0 aliphatic rings. The lowest BCUT2D eigenvalue weighted by atomic mass is 10.0. The Balaban J connectivity index is 3.35. The highest BCUT2D eigenvalue weighted by Gasteiger charge is 2.16. The van der Waals surface area contributed by atoms with E-state index in [2.05, 4.69) is 13.8 Å². The Morgan fingerprint density at radius 3 is 2.33 bits per heavy atom. The van der Waals surface area contributed by atoms with Gasteiger partial charge in [0.1, 0.15) is 5.75 Å². The maximum absolute atomic E-state index is 6.25. The van der Waals surface area contributed by atoms with Crippen molar-refractivity contribution >= 4 is 23.2 Å². The monoisotopic (exact) mass is 246 g/mol. The summed E-state index contributed by atoms with van der Waals surface area (Å²) < 4.78 is 5.47. The van der Waals surface area contributed by atoms with Crippen LogP contribution in [-0.2, 0) is 0 Å². The van der Waals surface area contributed by atoms with Crippen molar-refractivity contribution in [3.05, 3.63) is 27.2 Å². The second-order valence-corrected chi connectivity index (χ2v) is 4.58. The van der Waals surface area contributed by atoms with Crippen LogP contribution in [-0.4, -0.2) is 6.61 Å². The van der Waals surface area contributed by atoms with Crippen LogP contribution in [0, 0.1) is 6.92 Å². The number of hydrogen-bond donors (Lipinski definition) is 0. The van der Waals surface area contributed by atoms with Crippen LogP contribution in [0.5, 0.6) is 5.75 Å². The Hall–Kier alpha value is -0.400. The third kappa shape index (κ3) is 2.59. The van der Waals surface area contributed by atoms with E-state index in [0.717, 1.165) is 21.9 Å². The van der Waals surface area contributed by atoms with E-state index < -0.39 is 0 Å².